The zero-order valence-corrected chi connectivity index (χ0v) is 10.6. The molecular weight excluding hydrogens is 230 g/mol. The Kier molecular flexibility index (Phi) is 2.52. The number of hydrogen-bond donors (Lipinski definition) is 2. The first kappa shape index (κ1) is 10.6. The Morgan fingerprint density at radius 3 is 3.12 bits per heavy atom. The number of aromatic nitrogens is 1. The fourth-order valence-electron chi connectivity index (χ4n) is 2.36. The molecule has 1 aliphatic carbocycles. The lowest BCUT2D eigenvalue weighted by atomic mass is 10.1. The highest BCUT2D eigenvalue weighted by Gasteiger charge is 2.22. The van der Waals surface area contributed by atoms with Gasteiger partial charge in [-0.3, -0.25) is 0 Å². The van der Waals surface area contributed by atoms with Crippen molar-refractivity contribution in [3.63, 3.8) is 0 Å². The van der Waals surface area contributed by atoms with Gasteiger partial charge in [0.25, 0.3) is 0 Å². The van der Waals surface area contributed by atoms with Crippen LogP contribution >= 0.6 is 11.3 Å². The zero-order valence-electron chi connectivity index (χ0n) is 9.73. The van der Waals surface area contributed by atoms with Crippen molar-refractivity contribution in [3.05, 3.63) is 40.4 Å². The number of nitrogens with zero attached hydrogens (tertiary/aromatic N) is 1. The third-order valence-electron chi connectivity index (χ3n) is 3.16. The topological polar surface area (TPSA) is 50.9 Å². The zero-order chi connectivity index (χ0) is 11.8. The minimum atomic E-state index is 0.385. The first-order valence-electron chi connectivity index (χ1n) is 5.79. The summed E-state index contributed by atoms with van der Waals surface area (Å²) < 4.78 is 0. The summed E-state index contributed by atoms with van der Waals surface area (Å²) >= 11 is 1.67. The molecule has 1 aliphatic rings. The minimum Gasteiger partial charge on any atom is -0.399 e. The fourth-order valence-corrected chi connectivity index (χ4v) is 3.10. The van der Waals surface area contributed by atoms with Crippen molar-refractivity contribution in [3.8, 4) is 0 Å². The van der Waals surface area contributed by atoms with E-state index >= 15 is 0 Å². The number of nitrogen functional groups attached to an aromatic ring is 1. The molecule has 1 aromatic carbocycles. The fraction of sp³-hybridized carbons (Fsp3) is 0.308. The summed E-state index contributed by atoms with van der Waals surface area (Å²) in [6.07, 6.45) is 2.22. The van der Waals surface area contributed by atoms with Crippen LogP contribution in [-0.2, 0) is 6.42 Å². The van der Waals surface area contributed by atoms with E-state index in [-0.39, 0.29) is 0 Å². The molecule has 3 rings (SSSR count). The molecule has 1 atom stereocenters. The third kappa shape index (κ3) is 2.00. The van der Waals surface area contributed by atoms with Gasteiger partial charge in [0.2, 0.25) is 0 Å². The van der Waals surface area contributed by atoms with Crippen LogP contribution in [0.2, 0.25) is 0 Å². The maximum absolute atomic E-state index is 5.80. The molecule has 0 saturated heterocycles. The van der Waals surface area contributed by atoms with Crippen molar-refractivity contribution in [2.24, 2.45) is 0 Å². The molecule has 0 fully saturated rings. The van der Waals surface area contributed by atoms with E-state index in [9.17, 15) is 0 Å². The molecule has 0 aliphatic heterocycles. The predicted octanol–water partition coefficient (Wildman–Crippen LogP) is 3.13. The lowest BCUT2D eigenvalue weighted by molar-refractivity contribution is 0.760. The van der Waals surface area contributed by atoms with Crippen molar-refractivity contribution >= 4 is 22.2 Å². The second kappa shape index (κ2) is 4.04. The molecule has 4 heteroatoms. The van der Waals surface area contributed by atoms with Gasteiger partial charge in [-0.05, 0) is 43.0 Å². The average Bonchev–Trinajstić information content (AvgIpc) is 2.86. The Hall–Kier alpha value is -1.55. The third-order valence-corrected chi connectivity index (χ3v) is 4.05. The van der Waals surface area contributed by atoms with Gasteiger partial charge < -0.3 is 11.1 Å². The molecule has 1 aromatic heterocycles. The second-order valence-electron chi connectivity index (χ2n) is 4.49. The molecule has 17 heavy (non-hydrogen) atoms. The summed E-state index contributed by atoms with van der Waals surface area (Å²) in [4.78, 5) is 4.45. The molecule has 3 nitrogen and oxygen atoms in total. The molecule has 0 bridgehead atoms. The number of benzene rings is 1. The Bertz CT molecular complexity index is 547. The van der Waals surface area contributed by atoms with E-state index in [0.29, 0.717) is 6.04 Å². The van der Waals surface area contributed by atoms with Gasteiger partial charge in [0.15, 0.2) is 5.13 Å². The SMILES string of the molecule is Cc1csc(NC2CCc3cc(N)ccc32)n1. The Morgan fingerprint density at radius 1 is 1.47 bits per heavy atom. The Balaban J connectivity index is 1.84. The van der Waals surface area contributed by atoms with Gasteiger partial charge in [-0.1, -0.05) is 6.07 Å². The van der Waals surface area contributed by atoms with Crippen LogP contribution in [0.25, 0.3) is 0 Å². The molecule has 0 amide bonds. The highest BCUT2D eigenvalue weighted by atomic mass is 32.1. The van der Waals surface area contributed by atoms with E-state index < -0.39 is 0 Å². The van der Waals surface area contributed by atoms with Crippen molar-refractivity contribution in [1.82, 2.24) is 4.98 Å². The molecule has 0 saturated carbocycles. The van der Waals surface area contributed by atoms with Gasteiger partial charge in [0, 0.05) is 11.1 Å². The largest absolute Gasteiger partial charge is 0.399 e. The van der Waals surface area contributed by atoms with Gasteiger partial charge in [0.1, 0.15) is 0 Å². The van der Waals surface area contributed by atoms with Crippen molar-refractivity contribution in [2.45, 2.75) is 25.8 Å². The van der Waals surface area contributed by atoms with Crippen molar-refractivity contribution in [2.75, 3.05) is 11.1 Å². The molecule has 1 heterocycles. The van der Waals surface area contributed by atoms with Crippen LogP contribution in [0.1, 0.15) is 29.3 Å². The number of nitrogens with two attached hydrogens (primary N) is 1. The van der Waals surface area contributed by atoms with Gasteiger partial charge in [-0.2, -0.15) is 0 Å². The maximum atomic E-state index is 5.80. The van der Waals surface area contributed by atoms with E-state index in [1.54, 1.807) is 11.3 Å². The van der Waals surface area contributed by atoms with Gasteiger partial charge in [0.05, 0.1) is 11.7 Å². The lowest BCUT2D eigenvalue weighted by Crippen LogP contribution is -2.06. The first-order chi connectivity index (χ1) is 8.22. The van der Waals surface area contributed by atoms with Crippen LogP contribution in [0.5, 0.6) is 0 Å². The molecule has 2 aromatic rings. The number of rotatable bonds is 2. The monoisotopic (exact) mass is 245 g/mol. The van der Waals surface area contributed by atoms with Crippen LogP contribution in [-0.4, -0.2) is 4.98 Å². The highest BCUT2D eigenvalue weighted by Crippen LogP contribution is 2.35. The van der Waals surface area contributed by atoms with E-state index in [1.807, 2.05) is 13.0 Å². The number of anilines is 2. The maximum Gasteiger partial charge on any atom is 0.183 e. The summed E-state index contributed by atoms with van der Waals surface area (Å²) in [5.41, 5.74) is 10.5. The summed E-state index contributed by atoms with van der Waals surface area (Å²) in [7, 11) is 0. The number of hydrogen-bond acceptors (Lipinski definition) is 4. The smallest absolute Gasteiger partial charge is 0.183 e. The molecule has 0 spiro atoms. The highest BCUT2D eigenvalue weighted by molar-refractivity contribution is 7.13. The van der Waals surface area contributed by atoms with Crippen LogP contribution < -0.4 is 11.1 Å². The predicted molar refractivity (Wildman–Crippen MR) is 72.4 cm³/mol. The van der Waals surface area contributed by atoms with E-state index in [0.717, 1.165) is 29.4 Å². The number of thiazole rings is 1. The molecule has 88 valence electrons. The molecule has 1 unspecified atom stereocenters. The van der Waals surface area contributed by atoms with E-state index in [2.05, 4.69) is 27.8 Å². The first-order valence-corrected chi connectivity index (χ1v) is 6.67. The molecule has 3 N–H and O–H groups in total. The standard InChI is InChI=1S/C13H15N3S/c1-8-7-17-13(15-8)16-12-5-2-9-6-10(14)3-4-11(9)12/h3-4,6-7,12H,2,5,14H2,1H3,(H,15,16). The lowest BCUT2D eigenvalue weighted by Gasteiger charge is -2.13. The Morgan fingerprint density at radius 2 is 2.35 bits per heavy atom. The molecular formula is C13H15N3S. The van der Waals surface area contributed by atoms with Gasteiger partial charge in [-0.15, -0.1) is 11.3 Å². The van der Waals surface area contributed by atoms with Crippen LogP contribution in [0.3, 0.4) is 0 Å². The summed E-state index contributed by atoms with van der Waals surface area (Å²) in [5.74, 6) is 0. The summed E-state index contributed by atoms with van der Waals surface area (Å²) in [6, 6.07) is 6.59. The van der Waals surface area contributed by atoms with E-state index in [1.165, 1.54) is 11.1 Å². The normalized spacial score (nSPS) is 18.1. The van der Waals surface area contributed by atoms with Gasteiger partial charge in [-0.25, -0.2) is 4.98 Å². The molecule has 0 radical (unpaired) electrons. The number of nitrogens with one attached hydrogen (secondary N) is 1. The van der Waals surface area contributed by atoms with Crippen molar-refractivity contribution in [1.29, 1.82) is 0 Å². The minimum absolute atomic E-state index is 0.385. The van der Waals surface area contributed by atoms with Crippen molar-refractivity contribution < 1.29 is 0 Å². The van der Waals surface area contributed by atoms with Gasteiger partial charge >= 0.3 is 0 Å². The second-order valence-corrected chi connectivity index (χ2v) is 5.35. The van der Waals surface area contributed by atoms with Crippen LogP contribution in [0.15, 0.2) is 23.6 Å². The number of aryl methyl sites for hydroxylation is 2. The van der Waals surface area contributed by atoms with Crippen LogP contribution in [0, 0.1) is 6.92 Å². The van der Waals surface area contributed by atoms with Crippen LogP contribution in [0.4, 0.5) is 10.8 Å². The summed E-state index contributed by atoms with van der Waals surface area (Å²) in [5, 5.41) is 6.59. The quantitative estimate of drug-likeness (QED) is 0.799. The Labute approximate surface area is 105 Å². The summed E-state index contributed by atoms with van der Waals surface area (Å²) in [6.45, 7) is 2.02. The van der Waals surface area contributed by atoms with E-state index in [4.69, 9.17) is 5.73 Å². The number of fused-ring (bicyclic) bond motifs is 1. The average molecular weight is 245 g/mol.